The van der Waals surface area contributed by atoms with Gasteiger partial charge in [-0.2, -0.15) is 0 Å². The van der Waals surface area contributed by atoms with E-state index in [1.165, 1.54) is 17.0 Å². The second-order valence-electron chi connectivity index (χ2n) is 8.47. The summed E-state index contributed by atoms with van der Waals surface area (Å²) < 4.78 is 5.99. The Morgan fingerprint density at radius 1 is 1.00 bits per heavy atom. The van der Waals surface area contributed by atoms with Crippen LogP contribution >= 0.6 is 11.8 Å². The summed E-state index contributed by atoms with van der Waals surface area (Å²) in [6.45, 7) is 5.64. The molecule has 0 atom stereocenters. The molecule has 2 aromatic rings. The molecule has 4 rings (SSSR count). The first kappa shape index (κ1) is 23.4. The normalized spacial score (nSPS) is 17.5. The molecule has 2 saturated heterocycles. The highest BCUT2D eigenvalue weighted by molar-refractivity contribution is 7.98. The number of hydrogen-bond acceptors (Lipinski definition) is 6. The van der Waals surface area contributed by atoms with Crippen molar-refractivity contribution < 1.29 is 14.5 Å². The van der Waals surface area contributed by atoms with E-state index >= 15 is 0 Å². The molecular formula is C24H30N4O4S. The number of amides is 2. The van der Waals surface area contributed by atoms with Gasteiger partial charge in [-0.15, -0.1) is 11.8 Å². The number of likely N-dealkylation sites (tertiary alicyclic amines) is 1. The molecule has 33 heavy (non-hydrogen) atoms. The van der Waals surface area contributed by atoms with Crippen molar-refractivity contribution in [2.24, 2.45) is 5.92 Å². The molecule has 0 spiro atoms. The summed E-state index contributed by atoms with van der Waals surface area (Å²) in [5.74, 6) is 1.49. The number of benzene rings is 2. The van der Waals surface area contributed by atoms with Crippen molar-refractivity contribution >= 4 is 29.2 Å². The maximum Gasteiger partial charge on any atom is 0.324 e. The minimum Gasteiger partial charge on any atom is -0.493 e. The van der Waals surface area contributed by atoms with Crippen molar-refractivity contribution in [1.29, 1.82) is 0 Å². The van der Waals surface area contributed by atoms with Gasteiger partial charge in [0.15, 0.2) is 0 Å². The molecular weight excluding hydrogens is 440 g/mol. The van der Waals surface area contributed by atoms with E-state index in [4.69, 9.17) is 4.74 Å². The highest BCUT2D eigenvalue weighted by atomic mass is 32.2. The molecule has 9 heteroatoms. The Balaban J connectivity index is 1.17. The van der Waals surface area contributed by atoms with Gasteiger partial charge >= 0.3 is 6.03 Å². The molecule has 0 N–H and O–H groups in total. The van der Waals surface area contributed by atoms with Gasteiger partial charge in [-0.3, -0.25) is 15.0 Å². The minimum absolute atomic E-state index is 0.0281. The van der Waals surface area contributed by atoms with E-state index in [0.29, 0.717) is 31.2 Å². The number of rotatable bonds is 9. The number of piperidine rings is 1. The van der Waals surface area contributed by atoms with Gasteiger partial charge in [0.05, 0.1) is 11.5 Å². The van der Waals surface area contributed by atoms with Gasteiger partial charge in [-0.05, 0) is 74.5 Å². The number of anilines is 1. The van der Waals surface area contributed by atoms with E-state index < -0.39 is 4.92 Å². The summed E-state index contributed by atoms with van der Waals surface area (Å²) in [4.78, 5) is 30.4. The molecule has 2 aliphatic heterocycles. The van der Waals surface area contributed by atoms with Gasteiger partial charge in [-0.25, -0.2) is 4.79 Å². The molecule has 0 unspecified atom stereocenters. The Bertz CT molecular complexity index is 946. The molecule has 0 aliphatic carbocycles. The third-order valence-corrected chi connectivity index (χ3v) is 7.15. The van der Waals surface area contributed by atoms with E-state index in [1.807, 2.05) is 17.0 Å². The Morgan fingerprint density at radius 3 is 2.33 bits per heavy atom. The third kappa shape index (κ3) is 5.97. The Morgan fingerprint density at radius 2 is 1.70 bits per heavy atom. The van der Waals surface area contributed by atoms with E-state index in [1.54, 1.807) is 28.8 Å². The highest BCUT2D eigenvalue weighted by Gasteiger charge is 2.30. The summed E-state index contributed by atoms with van der Waals surface area (Å²) >= 11 is 1.73. The van der Waals surface area contributed by atoms with Crippen LogP contribution in [0.4, 0.5) is 16.2 Å². The maximum absolute atomic E-state index is 12.8. The van der Waals surface area contributed by atoms with Crippen LogP contribution in [0.5, 0.6) is 5.75 Å². The number of nitro benzene ring substituents is 1. The second kappa shape index (κ2) is 10.9. The van der Waals surface area contributed by atoms with Crippen molar-refractivity contribution in [3.8, 4) is 5.75 Å². The number of carbonyl (C=O) groups excluding carboxylic acids is 1. The quantitative estimate of drug-likeness (QED) is 0.308. The lowest BCUT2D eigenvalue weighted by Crippen LogP contribution is -2.41. The van der Waals surface area contributed by atoms with Crippen LogP contribution in [0.1, 0.15) is 12.8 Å². The number of nitrogens with zero attached hydrogens (tertiary/aromatic N) is 4. The summed E-state index contributed by atoms with van der Waals surface area (Å²) in [7, 11) is 0. The fourth-order valence-corrected chi connectivity index (χ4v) is 4.72. The first-order valence-electron chi connectivity index (χ1n) is 11.3. The van der Waals surface area contributed by atoms with E-state index in [2.05, 4.69) is 23.3 Å². The number of nitro groups is 1. The van der Waals surface area contributed by atoms with Gasteiger partial charge < -0.3 is 14.5 Å². The summed E-state index contributed by atoms with van der Waals surface area (Å²) in [5.41, 5.74) is 0.738. The van der Waals surface area contributed by atoms with Gasteiger partial charge in [0.2, 0.25) is 0 Å². The molecule has 2 aliphatic rings. The zero-order valence-electron chi connectivity index (χ0n) is 18.9. The molecule has 0 radical (unpaired) electrons. The van der Waals surface area contributed by atoms with Crippen LogP contribution in [0, 0.1) is 16.0 Å². The van der Waals surface area contributed by atoms with Crippen LogP contribution in [0.2, 0.25) is 0 Å². The number of urea groups is 1. The Labute approximate surface area is 198 Å². The Kier molecular flexibility index (Phi) is 7.72. The van der Waals surface area contributed by atoms with Crippen molar-refractivity contribution in [2.45, 2.75) is 17.7 Å². The van der Waals surface area contributed by atoms with Crippen molar-refractivity contribution in [3.63, 3.8) is 0 Å². The molecule has 0 bridgehead atoms. The zero-order valence-corrected chi connectivity index (χ0v) is 19.7. The molecule has 0 saturated carbocycles. The van der Waals surface area contributed by atoms with Crippen LogP contribution in [-0.2, 0) is 0 Å². The lowest BCUT2D eigenvalue weighted by atomic mass is 9.98. The summed E-state index contributed by atoms with van der Waals surface area (Å²) in [5, 5.41) is 10.8. The molecule has 2 fully saturated rings. The molecule has 2 amide bonds. The SMILES string of the molecule is CSc1ccc(OCC2CCN(CCN3CCN(c4ccc([N+](=O)[O-])cc4)C3=O)CC2)cc1. The lowest BCUT2D eigenvalue weighted by Gasteiger charge is -2.32. The van der Waals surface area contributed by atoms with Gasteiger partial charge in [0.25, 0.3) is 5.69 Å². The maximum atomic E-state index is 12.8. The molecule has 0 aromatic heterocycles. The average molecular weight is 471 g/mol. The second-order valence-corrected chi connectivity index (χ2v) is 9.35. The predicted octanol–water partition coefficient (Wildman–Crippen LogP) is 4.35. The zero-order chi connectivity index (χ0) is 23.2. The minimum atomic E-state index is -0.430. The number of non-ortho nitro benzene ring substituents is 1. The predicted molar refractivity (Wildman–Crippen MR) is 130 cm³/mol. The summed E-state index contributed by atoms with van der Waals surface area (Å²) in [6.07, 6.45) is 4.27. The van der Waals surface area contributed by atoms with Crippen LogP contribution in [0.3, 0.4) is 0 Å². The van der Waals surface area contributed by atoms with Crippen molar-refractivity contribution in [1.82, 2.24) is 9.80 Å². The average Bonchev–Trinajstić information content (AvgIpc) is 3.22. The van der Waals surface area contributed by atoms with Crippen LogP contribution in [-0.4, -0.2) is 72.9 Å². The standard InChI is InChI=1S/C24H30N4O4S/c1-33-23-8-6-22(7-9-23)32-18-19-10-12-25(13-11-19)14-15-26-16-17-27(24(26)29)20-2-4-21(5-3-20)28(30)31/h2-9,19H,10-18H2,1H3. The van der Waals surface area contributed by atoms with Gasteiger partial charge in [-0.1, -0.05) is 0 Å². The lowest BCUT2D eigenvalue weighted by molar-refractivity contribution is -0.384. The fourth-order valence-electron chi connectivity index (χ4n) is 4.31. The smallest absolute Gasteiger partial charge is 0.324 e. The largest absolute Gasteiger partial charge is 0.493 e. The Hall–Kier alpha value is -2.78. The van der Waals surface area contributed by atoms with Crippen LogP contribution in [0.15, 0.2) is 53.4 Å². The van der Waals surface area contributed by atoms with Gasteiger partial charge in [0.1, 0.15) is 5.75 Å². The fraction of sp³-hybridized carbons (Fsp3) is 0.458. The summed E-state index contributed by atoms with van der Waals surface area (Å²) in [6, 6.07) is 14.4. The van der Waals surface area contributed by atoms with E-state index in [9.17, 15) is 14.9 Å². The molecule has 2 heterocycles. The number of carbonyl (C=O) groups is 1. The number of ether oxygens (including phenoxy) is 1. The van der Waals surface area contributed by atoms with Crippen molar-refractivity contribution in [2.75, 3.05) is 57.0 Å². The first-order chi connectivity index (χ1) is 16.0. The molecule has 2 aromatic carbocycles. The first-order valence-corrected chi connectivity index (χ1v) is 12.6. The van der Waals surface area contributed by atoms with Crippen LogP contribution in [0.25, 0.3) is 0 Å². The van der Waals surface area contributed by atoms with E-state index in [-0.39, 0.29) is 11.7 Å². The molecule has 176 valence electrons. The topological polar surface area (TPSA) is 79.2 Å². The highest BCUT2D eigenvalue weighted by Crippen LogP contribution is 2.24. The van der Waals surface area contributed by atoms with Crippen molar-refractivity contribution in [3.05, 3.63) is 58.6 Å². The monoisotopic (exact) mass is 470 g/mol. The number of thioether (sulfide) groups is 1. The molecule has 8 nitrogen and oxygen atoms in total. The van der Waals surface area contributed by atoms with Gasteiger partial charge in [0, 0.05) is 48.9 Å². The van der Waals surface area contributed by atoms with E-state index in [0.717, 1.165) is 44.8 Å². The third-order valence-electron chi connectivity index (χ3n) is 6.41. The van der Waals surface area contributed by atoms with Crippen LogP contribution < -0.4 is 9.64 Å². The number of hydrogen-bond donors (Lipinski definition) is 0.